The molecule has 2 N–H and O–H groups in total. The molecule has 0 saturated carbocycles. The van der Waals surface area contributed by atoms with Crippen LogP contribution in [0.4, 0.5) is 0 Å². The molecule has 0 bridgehead atoms. The van der Waals surface area contributed by atoms with E-state index in [1.54, 1.807) is 11.8 Å². The number of carbonyl (C=O) groups is 1. The van der Waals surface area contributed by atoms with Gasteiger partial charge in [-0.15, -0.1) is 11.8 Å². The number of benzene rings is 1. The van der Waals surface area contributed by atoms with Gasteiger partial charge in [-0.2, -0.15) is 0 Å². The van der Waals surface area contributed by atoms with Crippen molar-refractivity contribution in [3.8, 4) is 0 Å². The first kappa shape index (κ1) is 21.7. The molecule has 0 radical (unpaired) electrons. The van der Waals surface area contributed by atoms with E-state index in [1.165, 1.54) is 16.0 Å². The first-order valence-corrected chi connectivity index (χ1v) is 8.02. The van der Waals surface area contributed by atoms with Crippen molar-refractivity contribution in [2.75, 3.05) is 33.9 Å². The lowest BCUT2D eigenvalue weighted by atomic mass is 10.0. The van der Waals surface area contributed by atoms with E-state index in [0.717, 1.165) is 17.9 Å². The lowest BCUT2D eigenvalue weighted by Gasteiger charge is -2.13. The second-order valence-electron chi connectivity index (χ2n) is 4.45. The molecule has 0 fully saturated rings. The largest absolute Gasteiger partial charge is 0.330 e. The fraction of sp³-hybridized carbons (Fsp3) is 0.533. The first-order chi connectivity index (χ1) is 9.47. The van der Waals surface area contributed by atoms with E-state index >= 15 is 0 Å². The van der Waals surface area contributed by atoms with Crippen LogP contribution in [-0.2, 0) is 17.6 Å². The van der Waals surface area contributed by atoms with Gasteiger partial charge in [0, 0.05) is 4.90 Å². The molecule has 0 saturated heterocycles. The number of halogens is 1. The number of thioether (sulfide) groups is 1. The Kier molecular flexibility index (Phi) is 14.6. The minimum Gasteiger partial charge on any atom is -0.330 e. The molecule has 0 aromatic heterocycles. The number of rotatable bonds is 4. The van der Waals surface area contributed by atoms with Gasteiger partial charge in [-0.1, -0.05) is 24.6 Å². The quantitative estimate of drug-likeness (QED) is 0.866. The highest BCUT2D eigenvalue weighted by molar-refractivity contribution is 7.98. The fourth-order valence-electron chi connectivity index (χ4n) is 1.61. The van der Waals surface area contributed by atoms with E-state index in [9.17, 15) is 0 Å². The maximum Gasteiger partial charge on any atom is 0.106 e. The van der Waals surface area contributed by atoms with Gasteiger partial charge in [0.05, 0.1) is 5.02 Å². The summed E-state index contributed by atoms with van der Waals surface area (Å²) in [4.78, 5) is 11.2. The van der Waals surface area contributed by atoms with Crippen LogP contribution in [0.5, 0.6) is 0 Å². The Morgan fingerprint density at radius 3 is 2.15 bits per heavy atom. The van der Waals surface area contributed by atoms with Gasteiger partial charge in [-0.05, 0) is 64.0 Å². The number of hydrogen-bond acceptors (Lipinski definition) is 4. The summed E-state index contributed by atoms with van der Waals surface area (Å²) in [7, 11) is 6.00. The van der Waals surface area contributed by atoms with Crippen LogP contribution in [0.15, 0.2) is 17.0 Å². The summed E-state index contributed by atoms with van der Waals surface area (Å²) >= 11 is 7.84. The molecule has 0 unspecified atom stereocenters. The molecule has 0 atom stereocenters. The van der Waals surface area contributed by atoms with Crippen LogP contribution in [0.2, 0.25) is 5.02 Å². The Morgan fingerprint density at radius 2 is 1.80 bits per heavy atom. The van der Waals surface area contributed by atoms with Gasteiger partial charge in [-0.3, -0.25) is 0 Å². The summed E-state index contributed by atoms with van der Waals surface area (Å²) in [6, 6.07) is 4.08. The molecule has 116 valence electrons. The van der Waals surface area contributed by atoms with Crippen LogP contribution in [0, 0.1) is 0 Å². The van der Waals surface area contributed by atoms with E-state index in [-0.39, 0.29) is 0 Å². The molecule has 3 nitrogen and oxygen atoms in total. The maximum atomic E-state index is 8.00. The Hall–Kier alpha value is -0.550. The van der Waals surface area contributed by atoms with E-state index in [4.69, 9.17) is 22.1 Å². The summed E-state index contributed by atoms with van der Waals surface area (Å²) < 4.78 is 0. The molecule has 20 heavy (non-hydrogen) atoms. The molecule has 0 aliphatic heterocycles. The van der Waals surface area contributed by atoms with E-state index in [1.807, 2.05) is 38.9 Å². The topological polar surface area (TPSA) is 46.3 Å². The molecule has 0 heterocycles. The van der Waals surface area contributed by atoms with E-state index < -0.39 is 0 Å². The minimum absolute atomic E-state index is 0.681. The standard InChI is InChI=1S/C11H16ClNS.C3H9N.CH2O/c1-3-8-4-5-10(12)11(14-2)9(8)6-7-13;1-4(2)3;1-2/h4-5H,3,6-7,13H2,1-2H3;1-3H3;1H2. The molecule has 0 aliphatic carbocycles. The Labute approximate surface area is 132 Å². The van der Waals surface area contributed by atoms with Crippen molar-refractivity contribution in [1.82, 2.24) is 4.90 Å². The van der Waals surface area contributed by atoms with Gasteiger partial charge in [0.1, 0.15) is 6.79 Å². The van der Waals surface area contributed by atoms with Crippen LogP contribution >= 0.6 is 23.4 Å². The maximum absolute atomic E-state index is 8.00. The second kappa shape index (κ2) is 13.4. The van der Waals surface area contributed by atoms with Gasteiger partial charge in [0.25, 0.3) is 0 Å². The van der Waals surface area contributed by atoms with Gasteiger partial charge < -0.3 is 15.4 Å². The zero-order valence-corrected chi connectivity index (χ0v) is 14.8. The lowest BCUT2D eigenvalue weighted by molar-refractivity contribution is -0.0979. The van der Waals surface area contributed by atoms with Crippen molar-refractivity contribution in [3.05, 3.63) is 28.3 Å². The Morgan fingerprint density at radius 1 is 1.30 bits per heavy atom. The number of hydrogen-bond donors (Lipinski definition) is 1. The summed E-state index contributed by atoms with van der Waals surface area (Å²) in [6.45, 7) is 4.84. The molecule has 1 aromatic carbocycles. The average Bonchev–Trinajstić information content (AvgIpc) is 2.41. The Bertz CT molecular complexity index is 370. The minimum atomic E-state index is 0.681. The van der Waals surface area contributed by atoms with Gasteiger partial charge >= 0.3 is 0 Å². The predicted molar refractivity (Wildman–Crippen MR) is 92.1 cm³/mol. The van der Waals surface area contributed by atoms with Crippen molar-refractivity contribution in [2.45, 2.75) is 24.7 Å². The molecule has 5 heteroatoms. The summed E-state index contributed by atoms with van der Waals surface area (Å²) in [5, 5.41) is 0.846. The van der Waals surface area contributed by atoms with Crippen LogP contribution in [0.1, 0.15) is 18.1 Å². The third-order valence-electron chi connectivity index (χ3n) is 2.29. The van der Waals surface area contributed by atoms with Crippen LogP contribution in [-0.4, -0.2) is 45.6 Å². The molecule has 0 amide bonds. The van der Waals surface area contributed by atoms with Crippen molar-refractivity contribution >= 4 is 30.2 Å². The summed E-state index contributed by atoms with van der Waals surface area (Å²) in [5.41, 5.74) is 8.30. The van der Waals surface area contributed by atoms with Gasteiger partial charge in [0.2, 0.25) is 0 Å². The van der Waals surface area contributed by atoms with Gasteiger partial charge in [0.15, 0.2) is 0 Å². The Balaban J connectivity index is 0. The van der Waals surface area contributed by atoms with E-state index in [2.05, 4.69) is 19.2 Å². The molecule has 1 aromatic rings. The van der Waals surface area contributed by atoms with Crippen LogP contribution in [0.3, 0.4) is 0 Å². The number of nitrogens with zero attached hydrogens (tertiary/aromatic N) is 1. The zero-order chi connectivity index (χ0) is 16.1. The predicted octanol–water partition coefficient (Wildman–Crippen LogP) is 3.12. The molecule has 0 spiro atoms. The van der Waals surface area contributed by atoms with Crippen molar-refractivity contribution < 1.29 is 4.79 Å². The van der Waals surface area contributed by atoms with Crippen molar-refractivity contribution in [3.63, 3.8) is 0 Å². The number of aryl methyl sites for hydroxylation is 1. The second-order valence-corrected chi connectivity index (χ2v) is 5.68. The molecule has 0 aliphatic rings. The van der Waals surface area contributed by atoms with Crippen molar-refractivity contribution in [1.29, 1.82) is 0 Å². The molecular weight excluding hydrogens is 292 g/mol. The lowest BCUT2D eigenvalue weighted by Crippen LogP contribution is -2.06. The first-order valence-electron chi connectivity index (χ1n) is 6.41. The highest BCUT2D eigenvalue weighted by Crippen LogP contribution is 2.31. The number of carbonyl (C=O) groups excluding carboxylic acids is 1. The summed E-state index contributed by atoms with van der Waals surface area (Å²) in [5.74, 6) is 0. The molecular formula is C15H27ClN2OS. The average molecular weight is 319 g/mol. The van der Waals surface area contributed by atoms with Gasteiger partial charge in [-0.25, -0.2) is 0 Å². The number of nitrogens with two attached hydrogens (primary N) is 1. The van der Waals surface area contributed by atoms with Crippen LogP contribution < -0.4 is 5.73 Å². The normalized spacial score (nSPS) is 9.40. The van der Waals surface area contributed by atoms with Crippen LogP contribution in [0.25, 0.3) is 0 Å². The zero-order valence-electron chi connectivity index (χ0n) is 13.2. The third-order valence-corrected chi connectivity index (χ3v) is 3.59. The third kappa shape index (κ3) is 8.59. The smallest absolute Gasteiger partial charge is 0.106 e. The highest BCUT2D eigenvalue weighted by Gasteiger charge is 2.09. The van der Waals surface area contributed by atoms with Crippen molar-refractivity contribution in [2.24, 2.45) is 5.73 Å². The monoisotopic (exact) mass is 318 g/mol. The SMILES string of the molecule is C=O.CCc1ccc(Cl)c(SC)c1CCN.CN(C)C. The fourth-order valence-corrected chi connectivity index (χ4v) is 2.76. The summed E-state index contributed by atoms with van der Waals surface area (Å²) in [6.07, 6.45) is 4.01. The molecule has 1 rings (SSSR count). The highest BCUT2D eigenvalue weighted by atomic mass is 35.5. The van der Waals surface area contributed by atoms with E-state index in [0.29, 0.717) is 6.54 Å².